The van der Waals surface area contributed by atoms with Crippen molar-refractivity contribution in [1.29, 1.82) is 0 Å². The molecule has 0 aromatic heterocycles. The zero-order valence-electron chi connectivity index (χ0n) is 10.3. The van der Waals surface area contributed by atoms with Crippen molar-refractivity contribution >= 4 is 23.2 Å². The smallest absolute Gasteiger partial charge is 0.313 e. The molecule has 2 N–H and O–H groups in total. The van der Waals surface area contributed by atoms with Crippen LogP contribution in [0.1, 0.15) is 12.0 Å². The van der Waals surface area contributed by atoms with Crippen LogP contribution < -0.4 is 5.48 Å². The second-order valence-corrected chi connectivity index (χ2v) is 3.58. The van der Waals surface area contributed by atoms with Crippen molar-refractivity contribution in [3.63, 3.8) is 0 Å². The third-order valence-electron chi connectivity index (χ3n) is 2.29. The van der Waals surface area contributed by atoms with Gasteiger partial charge in [0.15, 0.2) is 0 Å². The molecule has 0 saturated heterocycles. The van der Waals surface area contributed by atoms with Crippen molar-refractivity contribution in [1.82, 2.24) is 5.48 Å². The van der Waals surface area contributed by atoms with Crippen LogP contribution in [0, 0.1) is 0 Å². The number of benzene rings is 1. The van der Waals surface area contributed by atoms with Gasteiger partial charge in [0.2, 0.25) is 11.6 Å². The van der Waals surface area contributed by atoms with Gasteiger partial charge in [-0.1, -0.05) is 30.3 Å². The van der Waals surface area contributed by atoms with Gasteiger partial charge < -0.3 is 4.74 Å². The fourth-order valence-corrected chi connectivity index (χ4v) is 1.30. The van der Waals surface area contributed by atoms with Crippen LogP contribution >= 0.6 is 0 Å². The Morgan fingerprint density at radius 1 is 1.26 bits per heavy atom. The molecule has 100 valence electrons. The highest BCUT2D eigenvalue weighted by Crippen LogP contribution is 2.10. The molecule has 1 aromatic rings. The summed E-state index contributed by atoms with van der Waals surface area (Å²) in [5, 5.41) is 8.96. The van der Waals surface area contributed by atoms with Gasteiger partial charge in [-0.05, 0) is 0 Å². The maximum atomic E-state index is 11.6. The van der Waals surface area contributed by atoms with Crippen LogP contribution in [0.3, 0.4) is 0 Å². The zero-order valence-corrected chi connectivity index (χ0v) is 10.3. The Morgan fingerprint density at radius 3 is 2.42 bits per heavy atom. The highest BCUT2D eigenvalue weighted by atomic mass is 16.5. The monoisotopic (exact) mass is 263 g/mol. The first-order chi connectivity index (χ1) is 9.08. The van der Waals surface area contributed by atoms with Crippen LogP contribution in [-0.2, 0) is 19.1 Å². The molecular weight excluding hydrogens is 250 g/mol. The number of nitrogens with one attached hydrogen (secondary N) is 1. The minimum absolute atomic E-state index is 0.0730. The molecule has 0 saturated carbocycles. The molecule has 0 amide bonds. The Bertz CT molecular complexity index is 507. The molecule has 0 heterocycles. The number of esters is 1. The number of rotatable bonds is 6. The van der Waals surface area contributed by atoms with E-state index in [0.717, 1.165) is 13.2 Å². The molecule has 1 aromatic carbocycles. The van der Waals surface area contributed by atoms with Crippen molar-refractivity contribution in [2.75, 3.05) is 7.11 Å². The maximum Gasteiger partial charge on any atom is 0.313 e. The number of hydroxylamine groups is 1. The van der Waals surface area contributed by atoms with Gasteiger partial charge in [0.25, 0.3) is 0 Å². The predicted molar refractivity (Wildman–Crippen MR) is 66.0 cm³/mol. The molecular formula is C13H13NO5. The van der Waals surface area contributed by atoms with Crippen LogP contribution in [0.4, 0.5) is 0 Å². The van der Waals surface area contributed by atoms with E-state index in [-0.39, 0.29) is 5.70 Å². The summed E-state index contributed by atoms with van der Waals surface area (Å²) in [6, 6.07) is 8.48. The molecule has 6 heteroatoms. The Balaban J connectivity index is 2.84. The molecule has 0 fully saturated rings. The van der Waals surface area contributed by atoms with Crippen molar-refractivity contribution in [2.24, 2.45) is 0 Å². The summed E-state index contributed by atoms with van der Waals surface area (Å²) in [6.45, 7) is 0. The first-order valence-electron chi connectivity index (χ1n) is 5.39. The number of allylic oxidation sites excluding steroid dienone is 1. The van der Waals surface area contributed by atoms with E-state index in [1.165, 1.54) is 0 Å². The van der Waals surface area contributed by atoms with Gasteiger partial charge in [0, 0.05) is 11.6 Å². The van der Waals surface area contributed by atoms with E-state index in [1.54, 1.807) is 30.3 Å². The normalized spacial score (nSPS) is 10.7. The predicted octanol–water partition coefficient (Wildman–Crippen LogP) is 0.708. The second-order valence-electron chi connectivity index (χ2n) is 3.58. The molecule has 0 aliphatic heterocycles. The molecule has 1 rings (SSSR count). The van der Waals surface area contributed by atoms with Gasteiger partial charge in [0.05, 0.1) is 12.8 Å². The highest BCUT2D eigenvalue weighted by Gasteiger charge is 2.17. The summed E-state index contributed by atoms with van der Waals surface area (Å²) in [4.78, 5) is 33.8. The molecule has 0 atom stereocenters. The summed E-state index contributed by atoms with van der Waals surface area (Å²) >= 11 is 0. The van der Waals surface area contributed by atoms with E-state index < -0.39 is 24.0 Å². The minimum Gasteiger partial charge on any atom is -0.469 e. The number of ether oxygens (including phenoxy) is 1. The van der Waals surface area contributed by atoms with Crippen molar-refractivity contribution < 1.29 is 24.3 Å². The molecule has 0 radical (unpaired) electrons. The van der Waals surface area contributed by atoms with E-state index >= 15 is 0 Å². The minimum atomic E-state index is -0.907. The van der Waals surface area contributed by atoms with Gasteiger partial charge in [-0.15, -0.1) is 0 Å². The third kappa shape index (κ3) is 4.36. The van der Waals surface area contributed by atoms with Crippen LogP contribution in [0.25, 0.3) is 5.70 Å². The molecule has 0 aliphatic carbocycles. The van der Waals surface area contributed by atoms with Gasteiger partial charge >= 0.3 is 5.97 Å². The number of hydrogen-bond donors (Lipinski definition) is 2. The zero-order chi connectivity index (χ0) is 14.3. The first-order valence-corrected chi connectivity index (χ1v) is 5.39. The summed E-state index contributed by atoms with van der Waals surface area (Å²) in [7, 11) is 1.13. The molecule has 0 spiro atoms. The van der Waals surface area contributed by atoms with E-state index in [0.29, 0.717) is 5.56 Å². The maximum absolute atomic E-state index is 11.6. The van der Waals surface area contributed by atoms with Gasteiger partial charge in [0.1, 0.15) is 6.42 Å². The Kier molecular flexibility index (Phi) is 5.43. The Labute approximate surface area is 109 Å². The summed E-state index contributed by atoms with van der Waals surface area (Å²) < 4.78 is 4.29. The number of ketones is 2. The summed E-state index contributed by atoms with van der Waals surface area (Å²) in [6.07, 6.45) is 0.305. The van der Waals surface area contributed by atoms with Crippen LogP contribution in [-0.4, -0.2) is 29.9 Å². The Morgan fingerprint density at radius 2 is 1.89 bits per heavy atom. The van der Waals surface area contributed by atoms with Crippen LogP contribution in [0.5, 0.6) is 0 Å². The second kappa shape index (κ2) is 7.07. The van der Waals surface area contributed by atoms with Crippen molar-refractivity contribution in [3.05, 3.63) is 42.0 Å². The number of Topliss-reactive ketones (excluding diaryl/α,β-unsaturated/α-hetero) is 1. The average Bonchev–Trinajstić information content (AvgIpc) is 2.45. The fraction of sp³-hybridized carbons (Fsp3) is 0.154. The van der Waals surface area contributed by atoms with Crippen LogP contribution in [0.15, 0.2) is 36.4 Å². The van der Waals surface area contributed by atoms with E-state index in [2.05, 4.69) is 4.74 Å². The fourth-order valence-electron chi connectivity index (χ4n) is 1.30. The Hall–Kier alpha value is -2.47. The molecule has 0 bridgehead atoms. The molecule has 0 aliphatic rings. The lowest BCUT2D eigenvalue weighted by atomic mass is 10.1. The lowest BCUT2D eigenvalue weighted by Gasteiger charge is -2.04. The standard InChI is InChI=1S/C13H13NO5/c1-19-13(17)8-12(16)11(15)7-10(14-18)9-5-3-2-4-6-9/h2-7,14,18H,8H2,1H3. The topological polar surface area (TPSA) is 92.7 Å². The average molecular weight is 263 g/mol. The summed E-state index contributed by atoms with van der Waals surface area (Å²) in [5.41, 5.74) is 2.45. The quantitative estimate of drug-likeness (QED) is 0.258. The largest absolute Gasteiger partial charge is 0.469 e. The number of carbonyl (C=O) groups excluding carboxylic acids is 3. The van der Waals surface area contributed by atoms with Crippen LogP contribution in [0.2, 0.25) is 0 Å². The lowest BCUT2D eigenvalue weighted by molar-refractivity contribution is -0.146. The first kappa shape index (κ1) is 14.6. The van der Waals surface area contributed by atoms with Crippen molar-refractivity contribution in [3.8, 4) is 0 Å². The lowest BCUT2D eigenvalue weighted by Crippen LogP contribution is -2.18. The van der Waals surface area contributed by atoms with Gasteiger partial charge in [-0.3, -0.25) is 25.1 Å². The molecule has 19 heavy (non-hydrogen) atoms. The number of hydrogen-bond acceptors (Lipinski definition) is 6. The van der Waals surface area contributed by atoms with E-state index in [4.69, 9.17) is 5.21 Å². The highest BCUT2D eigenvalue weighted by molar-refractivity contribution is 6.44. The molecule has 0 unspecified atom stereocenters. The van der Waals surface area contributed by atoms with E-state index in [1.807, 2.05) is 5.48 Å². The third-order valence-corrected chi connectivity index (χ3v) is 2.29. The summed E-state index contributed by atoms with van der Waals surface area (Å²) in [5.74, 6) is -2.59. The number of carbonyl (C=O) groups is 3. The molecule has 6 nitrogen and oxygen atoms in total. The van der Waals surface area contributed by atoms with Gasteiger partial charge in [-0.2, -0.15) is 0 Å². The number of methoxy groups -OCH3 is 1. The van der Waals surface area contributed by atoms with E-state index in [9.17, 15) is 14.4 Å². The van der Waals surface area contributed by atoms with Crippen molar-refractivity contribution in [2.45, 2.75) is 6.42 Å². The van der Waals surface area contributed by atoms with Gasteiger partial charge in [-0.25, -0.2) is 0 Å². The SMILES string of the molecule is COC(=O)CC(=O)C(=O)C=C(NO)c1ccccc1.